The van der Waals surface area contributed by atoms with Crippen LogP contribution in [0.3, 0.4) is 0 Å². The normalized spacial score (nSPS) is 17.1. The SMILES string of the molecule is CC1CCN(Cc2ccc(C(=O)NCc3ccc4c(c3)OCO4)cc2)CC1. The zero-order chi connectivity index (χ0) is 18.6. The van der Waals surface area contributed by atoms with Gasteiger partial charge in [-0.15, -0.1) is 0 Å². The molecule has 0 atom stereocenters. The number of fused-ring (bicyclic) bond motifs is 1. The van der Waals surface area contributed by atoms with Crippen LogP contribution in [0.2, 0.25) is 0 Å². The highest BCUT2D eigenvalue weighted by Crippen LogP contribution is 2.32. The molecule has 0 aromatic heterocycles. The van der Waals surface area contributed by atoms with Crippen molar-refractivity contribution >= 4 is 5.91 Å². The van der Waals surface area contributed by atoms with Gasteiger partial charge in [-0.1, -0.05) is 25.1 Å². The summed E-state index contributed by atoms with van der Waals surface area (Å²) >= 11 is 0. The number of benzene rings is 2. The van der Waals surface area contributed by atoms with Crippen LogP contribution in [0.15, 0.2) is 42.5 Å². The quantitative estimate of drug-likeness (QED) is 0.879. The molecule has 142 valence electrons. The third kappa shape index (κ3) is 4.42. The number of ether oxygens (including phenoxy) is 2. The number of hydrogen-bond donors (Lipinski definition) is 1. The molecule has 2 aromatic rings. The number of hydrogen-bond acceptors (Lipinski definition) is 4. The van der Waals surface area contributed by atoms with Gasteiger partial charge in [-0.25, -0.2) is 0 Å². The molecule has 0 aliphatic carbocycles. The average molecular weight is 366 g/mol. The zero-order valence-electron chi connectivity index (χ0n) is 15.7. The number of nitrogens with one attached hydrogen (secondary N) is 1. The van der Waals surface area contributed by atoms with Gasteiger partial charge in [-0.05, 0) is 67.2 Å². The fraction of sp³-hybridized carbons (Fsp3) is 0.409. The van der Waals surface area contributed by atoms with Gasteiger partial charge in [0.2, 0.25) is 6.79 Å². The Balaban J connectivity index is 1.30. The molecule has 2 aliphatic rings. The highest BCUT2D eigenvalue weighted by Gasteiger charge is 2.16. The molecule has 0 radical (unpaired) electrons. The molecular weight excluding hydrogens is 340 g/mol. The Kier molecular flexibility index (Phi) is 5.30. The predicted molar refractivity (Wildman–Crippen MR) is 104 cm³/mol. The Hall–Kier alpha value is -2.53. The lowest BCUT2D eigenvalue weighted by molar-refractivity contribution is 0.0950. The first kappa shape index (κ1) is 17.9. The zero-order valence-corrected chi connectivity index (χ0v) is 15.7. The Morgan fingerprint density at radius 1 is 1.04 bits per heavy atom. The van der Waals surface area contributed by atoms with Crippen LogP contribution in [0.1, 0.15) is 41.3 Å². The monoisotopic (exact) mass is 366 g/mol. The molecule has 5 heteroatoms. The molecule has 2 aromatic carbocycles. The van der Waals surface area contributed by atoms with Crippen molar-refractivity contribution in [2.24, 2.45) is 5.92 Å². The Morgan fingerprint density at radius 2 is 1.74 bits per heavy atom. The summed E-state index contributed by atoms with van der Waals surface area (Å²) in [7, 11) is 0. The third-order valence-corrected chi connectivity index (χ3v) is 5.39. The second-order valence-corrected chi connectivity index (χ2v) is 7.53. The maximum atomic E-state index is 12.4. The molecule has 2 aliphatic heterocycles. The second kappa shape index (κ2) is 8.01. The standard InChI is InChI=1S/C22H26N2O3/c1-16-8-10-24(11-9-16)14-17-2-5-19(6-3-17)22(25)23-13-18-4-7-20-21(12-18)27-15-26-20/h2-7,12,16H,8-11,13-15H2,1H3,(H,23,25). The third-order valence-electron chi connectivity index (χ3n) is 5.39. The van der Waals surface area contributed by atoms with E-state index in [0.29, 0.717) is 12.1 Å². The fourth-order valence-electron chi connectivity index (χ4n) is 3.58. The Labute approximate surface area is 160 Å². The number of piperidine rings is 1. The number of amides is 1. The van der Waals surface area contributed by atoms with E-state index in [0.717, 1.165) is 29.5 Å². The van der Waals surface area contributed by atoms with Crippen molar-refractivity contribution in [3.63, 3.8) is 0 Å². The van der Waals surface area contributed by atoms with Gasteiger partial charge in [0.25, 0.3) is 5.91 Å². The minimum absolute atomic E-state index is 0.0639. The summed E-state index contributed by atoms with van der Waals surface area (Å²) in [5.41, 5.74) is 2.94. The molecule has 0 bridgehead atoms. The van der Waals surface area contributed by atoms with E-state index >= 15 is 0 Å². The first-order valence-electron chi connectivity index (χ1n) is 9.65. The molecule has 1 N–H and O–H groups in total. The number of nitrogens with zero attached hydrogens (tertiary/aromatic N) is 1. The van der Waals surface area contributed by atoms with E-state index in [1.54, 1.807) is 0 Å². The Morgan fingerprint density at radius 3 is 2.52 bits per heavy atom. The van der Waals surface area contributed by atoms with Crippen LogP contribution in [0.25, 0.3) is 0 Å². The predicted octanol–water partition coefficient (Wildman–Crippen LogP) is 3.58. The lowest BCUT2D eigenvalue weighted by atomic mass is 9.99. The van der Waals surface area contributed by atoms with Gasteiger partial charge in [0, 0.05) is 18.7 Å². The molecule has 4 rings (SSSR count). The molecule has 0 unspecified atom stereocenters. The van der Waals surface area contributed by atoms with Crippen molar-refractivity contribution in [2.45, 2.75) is 32.9 Å². The van der Waals surface area contributed by atoms with E-state index < -0.39 is 0 Å². The minimum Gasteiger partial charge on any atom is -0.454 e. The molecule has 1 amide bonds. The molecule has 2 heterocycles. The van der Waals surface area contributed by atoms with Gasteiger partial charge in [0.1, 0.15) is 0 Å². The van der Waals surface area contributed by atoms with Crippen molar-refractivity contribution in [1.82, 2.24) is 10.2 Å². The molecule has 27 heavy (non-hydrogen) atoms. The Bertz CT molecular complexity index is 796. The number of likely N-dealkylation sites (tertiary alicyclic amines) is 1. The number of carbonyl (C=O) groups is 1. The van der Waals surface area contributed by atoms with Crippen molar-refractivity contribution in [3.8, 4) is 11.5 Å². The van der Waals surface area contributed by atoms with E-state index in [-0.39, 0.29) is 12.7 Å². The van der Waals surface area contributed by atoms with Crippen LogP contribution in [0.5, 0.6) is 11.5 Å². The van der Waals surface area contributed by atoms with Gasteiger partial charge >= 0.3 is 0 Å². The van der Waals surface area contributed by atoms with Crippen molar-refractivity contribution < 1.29 is 14.3 Å². The summed E-state index contributed by atoms with van der Waals surface area (Å²) in [6.07, 6.45) is 2.56. The lowest BCUT2D eigenvalue weighted by Crippen LogP contribution is -2.32. The van der Waals surface area contributed by atoms with E-state index in [4.69, 9.17) is 9.47 Å². The van der Waals surface area contributed by atoms with Crippen LogP contribution in [0, 0.1) is 5.92 Å². The van der Waals surface area contributed by atoms with Gasteiger partial charge in [-0.2, -0.15) is 0 Å². The van der Waals surface area contributed by atoms with Crippen LogP contribution in [-0.2, 0) is 13.1 Å². The van der Waals surface area contributed by atoms with E-state index in [9.17, 15) is 4.79 Å². The highest BCUT2D eigenvalue weighted by molar-refractivity contribution is 5.94. The maximum absolute atomic E-state index is 12.4. The molecular formula is C22H26N2O3. The molecule has 0 saturated carbocycles. The summed E-state index contributed by atoms with van der Waals surface area (Å²) in [5.74, 6) is 2.27. The van der Waals surface area contributed by atoms with Gasteiger partial charge in [0.05, 0.1) is 0 Å². The van der Waals surface area contributed by atoms with Gasteiger partial charge in [0.15, 0.2) is 11.5 Å². The van der Waals surface area contributed by atoms with Gasteiger partial charge < -0.3 is 14.8 Å². The average Bonchev–Trinajstić information content (AvgIpc) is 3.16. The van der Waals surface area contributed by atoms with E-state index in [2.05, 4.69) is 29.3 Å². The highest BCUT2D eigenvalue weighted by atomic mass is 16.7. The number of rotatable bonds is 5. The van der Waals surface area contributed by atoms with Crippen molar-refractivity contribution in [1.29, 1.82) is 0 Å². The summed E-state index contributed by atoms with van der Waals surface area (Å²) < 4.78 is 10.7. The smallest absolute Gasteiger partial charge is 0.251 e. The van der Waals surface area contributed by atoms with Crippen molar-refractivity contribution in [2.75, 3.05) is 19.9 Å². The number of carbonyl (C=O) groups excluding carboxylic acids is 1. The van der Waals surface area contributed by atoms with Gasteiger partial charge in [-0.3, -0.25) is 9.69 Å². The summed E-state index contributed by atoms with van der Waals surface area (Å²) in [5, 5.41) is 2.97. The van der Waals surface area contributed by atoms with Crippen LogP contribution in [-0.4, -0.2) is 30.7 Å². The molecule has 0 spiro atoms. The van der Waals surface area contributed by atoms with Crippen LogP contribution >= 0.6 is 0 Å². The van der Waals surface area contributed by atoms with E-state index in [1.165, 1.54) is 31.5 Å². The summed E-state index contributed by atoms with van der Waals surface area (Å²) in [6.45, 7) is 6.34. The lowest BCUT2D eigenvalue weighted by Gasteiger charge is -2.30. The molecule has 1 fully saturated rings. The second-order valence-electron chi connectivity index (χ2n) is 7.53. The first-order valence-corrected chi connectivity index (χ1v) is 9.65. The first-order chi connectivity index (χ1) is 13.2. The summed E-state index contributed by atoms with van der Waals surface area (Å²) in [4.78, 5) is 14.9. The maximum Gasteiger partial charge on any atom is 0.251 e. The van der Waals surface area contributed by atoms with Crippen molar-refractivity contribution in [3.05, 3.63) is 59.2 Å². The van der Waals surface area contributed by atoms with E-state index in [1.807, 2.05) is 30.3 Å². The minimum atomic E-state index is -0.0639. The van der Waals surface area contributed by atoms with Crippen LogP contribution < -0.4 is 14.8 Å². The summed E-state index contributed by atoms with van der Waals surface area (Å²) in [6, 6.07) is 13.7. The molecule has 5 nitrogen and oxygen atoms in total. The topological polar surface area (TPSA) is 50.8 Å². The largest absolute Gasteiger partial charge is 0.454 e. The molecule has 1 saturated heterocycles. The fourth-order valence-corrected chi connectivity index (χ4v) is 3.58. The van der Waals surface area contributed by atoms with Crippen LogP contribution in [0.4, 0.5) is 0 Å².